The van der Waals surface area contributed by atoms with E-state index in [1.807, 2.05) is 0 Å². The van der Waals surface area contributed by atoms with Crippen molar-refractivity contribution in [2.24, 2.45) is 0 Å². The molecule has 2 radical (unpaired) electrons. The van der Waals surface area contributed by atoms with Crippen LogP contribution >= 0.6 is 0 Å². The lowest BCUT2D eigenvalue weighted by atomic mass is 9.93. The smallest absolute Gasteiger partial charge is 0.209 e. The number of unbranched alkanes of at least 4 members (excludes halogenated alkanes) is 1. The zero-order valence-electron chi connectivity index (χ0n) is 13.4. The Balaban J connectivity index is 3.78. The first kappa shape index (κ1) is 20.9. The van der Waals surface area contributed by atoms with Crippen LogP contribution in [0.4, 0.5) is 0 Å². The number of amides is 4. The maximum atomic E-state index is 11.0. The number of rotatable bonds is 17. The Morgan fingerprint density at radius 2 is 1.39 bits per heavy atom. The van der Waals surface area contributed by atoms with Gasteiger partial charge in [0.2, 0.25) is 25.6 Å². The fourth-order valence-electron chi connectivity index (χ4n) is 1.98. The van der Waals surface area contributed by atoms with Gasteiger partial charge in [-0.05, 0) is 31.6 Å². The van der Waals surface area contributed by atoms with E-state index in [1.165, 1.54) is 0 Å². The Morgan fingerprint density at radius 3 is 1.91 bits per heavy atom. The second-order valence-corrected chi connectivity index (χ2v) is 5.10. The standard InChI is InChI=1S/C14H25BN4O4/c15-14(17-11-21)4-9-19(13-23)7-2-1-6-18(12-22)8-3-5-16-10-20/h10-14H,1-9H2,(H,16,20)(H,17,21). The van der Waals surface area contributed by atoms with Crippen molar-refractivity contribution in [3.05, 3.63) is 0 Å². The highest BCUT2D eigenvalue weighted by molar-refractivity contribution is 6.12. The Morgan fingerprint density at radius 1 is 0.826 bits per heavy atom. The number of hydrogen-bond acceptors (Lipinski definition) is 4. The van der Waals surface area contributed by atoms with Crippen LogP contribution in [-0.4, -0.2) is 82.0 Å². The van der Waals surface area contributed by atoms with Gasteiger partial charge in [-0.1, -0.05) is 0 Å². The molecule has 0 saturated carbocycles. The molecule has 0 heterocycles. The third-order valence-corrected chi connectivity index (χ3v) is 3.30. The predicted octanol–water partition coefficient (Wildman–Crippen LogP) is -1.55. The zero-order valence-corrected chi connectivity index (χ0v) is 13.4. The van der Waals surface area contributed by atoms with Crippen molar-refractivity contribution >= 4 is 33.5 Å². The monoisotopic (exact) mass is 324 g/mol. The molecule has 0 spiro atoms. The SMILES string of the molecule is [B]C(CCN(C=O)CCCCN(C=O)CCCNC=O)NC=O. The fraction of sp³-hybridized carbons (Fsp3) is 0.714. The van der Waals surface area contributed by atoms with E-state index in [0.717, 1.165) is 25.7 Å². The summed E-state index contributed by atoms with van der Waals surface area (Å²) in [5.41, 5.74) is 0. The van der Waals surface area contributed by atoms with Gasteiger partial charge in [-0.3, -0.25) is 19.2 Å². The summed E-state index contributed by atoms with van der Waals surface area (Å²) in [5.74, 6) is -0.458. The first-order valence-corrected chi connectivity index (χ1v) is 7.69. The van der Waals surface area contributed by atoms with Gasteiger partial charge in [-0.15, -0.1) is 0 Å². The molecule has 9 heteroatoms. The zero-order chi connectivity index (χ0) is 17.3. The van der Waals surface area contributed by atoms with E-state index < -0.39 is 5.94 Å². The largest absolute Gasteiger partial charge is 0.365 e. The molecule has 1 unspecified atom stereocenters. The van der Waals surface area contributed by atoms with E-state index in [0.29, 0.717) is 58.4 Å². The molecular formula is C14H25BN4O4. The van der Waals surface area contributed by atoms with Crippen LogP contribution in [0.25, 0.3) is 0 Å². The van der Waals surface area contributed by atoms with Gasteiger partial charge in [0.15, 0.2) is 0 Å². The first-order chi connectivity index (χ1) is 11.2. The molecule has 0 aromatic rings. The molecule has 0 aliphatic rings. The van der Waals surface area contributed by atoms with Crippen LogP contribution in [0.3, 0.4) is 0 Å². The highest BCUT2D eigenvalue weighted by Crippen LogP contribution is 1.99. The van der Waals surface area contributed by atoms with Crippen molar-refractivity contribution < 1.29 is 19.2 Å². The van der Waals surface area contributed by atoms with Gasteiger partial charge in [0.05, 0.1) is 7.85 Å². The van der Waals surface area contributed by atoms with Crippen molar-refractivity contribution in [2.45, 2.75) is 31.6 Å². The van der Waals surface area contributed by atoms with Crippen LogP contribution < -0.4 is 10.6 Å². The van der Waals surface area contributed by atoms with Crippen LogP contribution in [0.5, 0.6) is 0 Å². The fourth-order valence-corrected chi connectivity index (χ4v) is 1.98. The number of carbonyl (C=O) groups excluding carboxylic acids is 4. The maximum Gasteiger partial charge on any atom is 0.209 e. The average molecular weight is 324 g/mol. The van der Waals surface area contributed by atoms with Crippen LogP contribution in [0.15, 0.2) is 0 Å². The Hall–Kier alpha value is -2.06. The first-order valence-electron chi connectivity index (χ1n) is 7.69. The van der Waals surface area contributed by atoms with E-state index in [4.69, 9.17) is 7.85 Å². The molecular weight excluding hydrogens is 299 g/mol. The third-order valence-electron chi connectivity index (χ3n) is 3.30. The van der Waals surface area contributed by atoms with Gasteiger partial charge >= 0.3 is 0 Å². The van der Waals surface area contributed by atoms with Crippen LogP contribution in [0, 0.1) is 0 Å². The molecule has 0 bridgehead atoms. The van der Waals surface area contributed by atoms with Gasteiger partial charge in [0, 0.05) is 32.7 Å². The van der Waals surface area contributed by atoms with E-state index in [1.54, 1.807) is 9.80 Å². The number of carbonyl (C=O) groups is 4. The van der Waals surface area contributed by atoms with Crippen molar-refractivity contribution in [3.63, 3.8) is 0 Å². The third kappa shape index (κ3) is 12.2. The summed E-state index contributed by atoms with van der Waals surface area (Å²) in [6.45, 7) is 2.80. The lowest BCUT2D eigenvalue weighted by molar-refractivity contribution is -0.119. The Labute approximate surface area is 138 Å². The Kier molecular flexibility index (Phi) is 13.5. The summed E-state index contributed by atoms with van der Waals surface area (Å²) >= 11 is 0. The lowest BCUT2D eigenvalue weighted by Crippen LogP contribution is -2.34. The number of hydrogen-bond donors (Lipinski definition) is 2. The molecule has 23 heavy (non-hydrogen) atoms. The summed E-state index contributed by atoms with van der Waals surface area (Å²) in [6, 6.07) is 0. The quantitative estimate of drug-likeness (QED) is 0.192. The van der Waals surface area contributed by atoms with Gasteiger partial charge in [-0.2, -0.15) is 0 Å². The highest BCUT2D eigenvalue weighted by atomic mass is 16.1. The van der Waals surface area contributed by atoms with Gasteiger partial charge < -0.3 is 20.4 Å². The van der Waals surface area contributed by atoms with E-state index in [2.05, 4.69) is 10.6 Å². The normalized spacial score (nSPS) is 11.1. The second kappa shape index (κ2) is 14.9. The van der Waals surface area contributed by atoms with Gasteiger partial charge in [-0.25, -0.2) is 0 Å². The molecule has 0 fully saturated rings. The molecule has 0 rings (SSSR count). The Bertz CT molecular complexity index is 347. The molecule has 4 amide bonds. The van der Waals surface area contributed by atoms with Gasteiger partial charge in [0.1, 0.15) is 0 Å². The minimum absolute atomic E-state index is 0.458. The van der Waals surface area contributed by atoms with Crippen LogP contribution in [-0.2, 0) is 19.2 Å². The maximum absolute atomic E-state index is 11.0. The summed E-state index contributed by atoms with van der Waals surface area (Å²) in [4.78, 5) is 45.4. The summed E-state index contributed by atoms with van der Waals surface area (Å²) in [6.07, 6.45) is 5.47. The summed E-state index contributed by atoms with van der Waals surface area (Å²) in [5, 5.41) is 4.97. The van der Waals surface area contributed by atoms with Crippen molar-refractivity contribution in [3.8, 4) is 0 Å². The van der Waals surface area contributed by atoms with Crippen molar-refractivity contribution in [1.82, 2.24) is 20.4 Å². The topological polar surface area (TPSA) is 98.8 Å². The summed E-state index contributed by atoms with van der Waals surface area (Å²) in [7, 11) is 5.61. The molecule has 0 saturated heterocycles. The molecule has 0 aromatic carbocycles. The average Bonchev–Trinajstić information content (AvgIpc) is 2.56. The van der Waals surface area contributed by atoms with Crippen molar-refractivity contribution in [1.29, 1.82) is 0 Å². The van der Waals surface area contributed by atoms with E-state index >= 15 is 0 Å². The molecule has 128 valence electrons. The minimum atomic E-state index is -0.458. The minimum Gasteiger partial charge on any atom is -0.365 e. The highest BCUT2D eigenvalue weighted by Gasteiger charge is 2.06. The number of nitrogens with one attached hydrogen (secondary N) is 2. The molecule has 0 aliphatic carbocycles. The van der Waals surface area contributed by atoms with Gasteiger partial charge in [0.25, 0.3) is 0 Å². The lowest BCUT2D eigenvalue weighted by Gasteiger charge is -2.21. The molecule has 0 aromatic heterocycles. The van der Waals surface area contributed by atoms with E-state index in [-0.39, 0.29) is 0 Å². The second-order valence-electron chi connectivity index (χ2n) is 5.10. The van der Waals surface area contributed by atoms with Crippen LogP contribution in [0.2, 0.25) is 0 Å². The van der Waals surface area contributed by atoms with Crippen LogP contribution in [0.1, 0.15) is 25.7 Å². The molecule has 0 aliphatic heterocycles. The molecule has 8 nitrogen and oxygen atoms in total. The predicted molar refractivity (Wildman–Crippen MR) is 86.6 cm³/mol. The molecule has 1 atom stereocenters. The van der Waals surface area contributed by atoms with E-state index in [9.17, 15) is 19.2 Å². The summed E-state index contributed by atoms with van der Waals surface area (Å²) < 4.78 is 0. The molecule has 2 N–H and O–H groups in total. The number of nitrogens with zero attached hydrogens (tertiary/aromatic N) is 2. The van der Waals surface area contributed by atoms with Crippen molar-refractivity contribution in [2.75, 3.05) is 32.7 Å².